The minimum absolute atomic E-state index is 0.0557. The Bertz CT molecular complexity index is 1160. The first-order valence-corrected chi connectivity index (χ1v) is 13.8. The summed E-state index contributed by atoms with van der Waals surface area (Å²) in [5.41, 5.74) is -0.201. The van der Waals surface area contributed by atoms with Crippen LogP contribution in [0.3, 0.4) is 0 Å². The average Bonchev–Trinajstić information content (AvgIpc) is 3.55. The van der Waals surface area contributed by atoms with E-state index in [0.29, 0.717) is 44.5 Å². The molecule has 0 aromatic heterocycles. The Labute approximate surface area is 230 Å². The zero-order valence-corrected chi connectivity index (χ0v) is 22.7. The van der Waals surface area contributed by atoms with Crippen LogP contribution in [0.5, 0.6) is 5.75 Å². The van der Waals surface area contributed by atoms with E-state index in [9.17, 15) is 37.5 Å². The fourth-order valence-corrected chi connectivity index (χ4v) is 5.57. The van der Waals surface area contributed by atoms with Gasteiger partial charge in [-0.15, -0.1) is 0 Å². The SMILES string of the molecule is CC(C)C[C@@H](O)C(=O)N1CC2(CC2)C[C@H]1C(=O)N[C@@H](C[C@@H]1CCCNC1=O)C(=O)COc1c(F)ccc(F)c1F. The first-order chi connectivity index (χ1) is 18.9. The molecule has 1 aromatic rings. The highest BCUT2D eigenvalue weighted by Gasteiger charge is 2.56. The van der Waals surface area contributed by atoms with Crippen LogP contribution in [-0.4, -0.2) is 71.4 Å². The molecule has 0 bridgehead atoms. The Morgan fingerprint density at radius 1 is 1.20 bits per heavy atom. The second-order valence-electron chi connectivity index (χ2n) is 11.7. The molecule has 40 heavy (non-hydrogen) atoms. The number of aliphatic hydroxyl groups excluding tert-OH is 1. The van der Waals surface area contributed by atoms with E-state index in [0.717, 1.165) is 12.8 Å². The molecule has 2 aliphatic heterocycles. The van der Waals surface area contributed by atoms with Crippen LogP contribution in [-0.2, 0) is 19.2 Å². The monoisotopic (exact) mass is 567 g/mol. The number of hydrogen-bond acceptors (Lipinski definition) is 6. The highest BCUT2D eigenvalue weighted by molar-refractivity contribution is 5.95. The molecule has 220 valence electrons. The number of piperidine rings is 1. The lowest BCUT2D eigenvalue weighted by Gasteiger charge is -2.30. The lowest BCUT2D eigenvalue weighted by molar-refractivity contribution is -0.146. The van der Waals surface area contributed by atoms with Crippen molar-refractivity contribution < 1.29 is 42.2 Å². The average molecular weight is 568 g/mol. The van der Waals surface area contributed by atoms with Crippen LogP contribution in [0.2, 0.25) is 0 Å². The van der Waals surface area contributed by atoms with Gasteiger partial charge in [0.15, 0.2) is 23.2 Å². The lowest BCUT2D eigenvalue weighted by Crippen LogP contribution is -2.54. The molecule has 12 heteroatoms. The molecule has 9 nitrogen and oxygen atoms in total. The van der Waals surface area contributed by atoms with Gasteiger partial charge in [-0.25, -0.2) is 8.78 Å². The maximum atomic E-state index is 14.1. The number of halogens is 3. The highest BCUT2D eigenvalue weighted by Crippen LogP contribution is 2.55. The molecule has 3 fully saturated rings. The van der Waals surface area contributed by atoms with Crippen molar-refractivity contribution >= 4 is 23.5 Å². The number of aliphatic hydroxyl groups is 1. The molecule has 2 saturated heterocycles. The van der Waals surface area contributed by atoms with E-state index >= 15 is 0 Å². The molecule has 1 aromatic carbocycles. The van der Waals surface area contributed by atoms with E-state index in [-0.39, 0.29) is 30.1 Å². The minimum Gasteiger partial charge on any atom is -0.480 e. The van der Waals surface area contributed by atoms with Crippen LogP contribution in [0.4, 0.5) is 13.2 Å². The zero-order valence-electron chi connectivity index (χ0n) is 22.7. The van der Waals surface area contributed by atoms with Gasteiger partial charge in [-0.3, -0.25) is 19.2 Å². The van der Waals surface area contributed by atoms with E-state index in [4.69, 9.17) is 4.74 Å². The Hall–Kier alpha value is -3.15. The number of likely N-dealkylation sites (tertiary alicyclic amines) is 1. The van der Waals surface area contributed by atoms with Crippen molar-refractivity contribution in [3.05, 3.63) is 29.6 Å². The van der Waals surface area contributed by atoms with E-state index < -0.39 is 71.5 Å². The van der Waals surface area contributed by atoms with Crippen LogP contribution < -0.4 is 15.4 Å². The maximum absolute atomic E-state index is 14.1. The number of hydrogen-bond donors (Lipinski definition) is 3. The molecule has 1 aliphatic carbocycles. The molecule has 0 radical (unpaired) electrons. The molecular weight excluding hydrogens is 531 g/mol. The number of ketones is 1. The molecule has 0 unspecified atom stereocenters. The second-order valence-corrected chi connectivity index (χ2v) is 11.7. The number of nitrogens with one attached hydrogen (secondary N) is 2. The minimum atomic E-state index is -1.59. The van der Waals surface area contributed by atoms with Crippen molar-refractivity contribution in [2.24, 2.45) is 17.3 Å². The molecular formula is C28H36F3N3O6. The molecule has 1 spiro atoms. The summed E-state index contributed by atoms with van der Waals surface area (Å²) < 4.78 is 46.7. The number of amides is 3. The summed E-state index contributed by atoms with van der Waals surface area (Å²) in [4.78, 5) is 53.6. The second kappa shape index (κ2) is 12.2. The van der Waals surface area contributed by atoms with Crippen molar-refractivity contribution in [1.82, 2.24) is 15.5 Å². The van der Waals surface area contributed by atoms with Gasteiger partial charge in [0, 0.05) is 19.0 Å². The molecule has 3 N–H and O–H groups in total. The third-order valence-corrected chi connectivity index (χ3v) is 8.02. The third kappa shape index (κ3) is 6.76. The fraction of sp³-hybridized carbons (Fsp3) is 0.643. The van der Waals surface area contributed by atoms with Gasteiger partial charge >= 0.3 is 0 Å². The van der Waals surface area contributed by atoms with Gasteiger partial charge < -0.3 is 25.4 Å². The van der Waals surface area contributed by atoms with Gasteiger partial charge in [0.05, 0.1) is 6.04 Å². The first-order valence-electron chi connectivity index (χ1n) is 13.8. The van der Waals surface area contributed by atoms with Crippen LogP contribution in [0.1, 0.15) is 58.8 Å². The van der Waals surface area contributed by atoms with E-state index in [1.165, 1.54) is 4.90 Å². The maximum Gasteiger partial charge on any atom is 0.252 e. The van der Waals surface area contributed by atoms with Crippen LogP contribution >= 0.6 is 0 Å². The summed E-state index contributed by atoms with van der Waals surface area (Å²) in [7, 11) is 0. The van der Waals surface area contributed by atoms with Gasteiger partial charge in [-0.1, -0.05) is 13.8 Å². The Kier molecular flexibility index (Phi) is 9.06. The number of benzene rings is 1. The summed E-state index contributed by atoms with van der Waals surface area (Å²) in [6, 6.07) is -0.943. The molecule has 4 atom stereocenters. The quantitative estimate of drug-likeness (QED) is 0.353. The highest BCUT2D eigenvalue weighted by atomic mass is 19.2. The van der Waals surface area contributed by atoms with Gasteiger partial charge in [-0.2, -0.15) is 4.39 Å². The number of ether oxygens (including phenoxy) is 1. The summed E-state index contributed by atoms with van der Waals surface area (Å²) in [6.07, 6.45) is 2.07. The number of carbonyl (C=O) groups excluding carboxylic acids is 4. The lowest BCUT2D eigenvalue weighted by atomic mass is 9.90. The van der Waals surface area contributed by atoms with E-state index in [1.807, 2.05) is 13.8 Å². The zero-order chi connectivity index (χ0) is 29.2. The van der Waals surface area contributed by atoms with Gasteiger partial charge in [0.25, 0.3) is 5.91 Å². The molecule has 1 saturated carbocycles. The fourth-order valence-electron chi connectivity index (χ4n) is 5.57. The normalized spacial score (nSPS) is 23.1. The van der Waals surface area contributed by atoms with Crippen molar-refractivity contribution in [2.75, 3.05) is 19.7 Å². The Morgan fingerprint density at radius 3 is 2.55 bits per heavy atom. The van der Waals surface area contributed by atoms with Crippen molar-refractivity contribution in [3.63, 3.8) is 0 Å². The van der Waals surface area contributed by atoms with E-state index in [1.54, 1.807) is 0 Å². The predicted octanol–water partition coefficient (Wildman–Crippen LogP) is 2.24. The summed E-state index contributed by atoms with van der Waals surface area (Å²) >= 11 is 0. The molecule has 3 aliphatic rings. The smallest absolute Gasteiger partial charge is 0.252 e. The molecule has 4 rings (SSSR count). The van der Waals surface area contributed by atoms with Crippen molar-refractivity contribution in [1.29, 1.82) is 0 Å². The Morgan fingerprint density at radius 2 is 1.90 bits per heavy atom. The number of nitrogens with zero attached hydrogens (tertiary/aromatic N) is 1. The molecule has 3 amide bonds. The third-order valence-electron chi connectivity index (χ3n) is 8.02. The summed E-state index contributed by atoms with van der Waals surface area (Å²) in [6.45, 7) is 3.66. The van der Waals surface area contributed by atoms with Crippen LogP contribution in [0.15, 0.2) is 12.1 Å². The summed E-state index contributed by atoms with van der Waals surface area (Å²) in [5, 5.41) is 15.8. The standard InChI is InChI=1S/C28H36F3N3O6/c1-15(2)10-21(35)27(39)34-14-28(7-8-28)12-20(34)26(38)33-19(11-16-4-3-9-32-25(16)37)22(36)13-40-24-18(30)6-5-17(29)23(24)31/h5-6,15-16,19-21,35H,3-4,7-14H2,1-2H3,(H,32,37)(H,33,38)/t16-,19-,20-,21+/m0/s1. The largest absolute Gasteiger partial charge is 0.480 e. The summed E-state index contributed by atoms with van der Waals surface area (Å²) in [5.74, 6) is -7.97. The van der Waals surface area contributed by atoms with Gasteiger partial charge in [-0.05, 0) is 68.4 Å². The number of rotatable bonds is 11. The number of carbonyl (C=O) groups is 4. The van der Waals surface area contributed by atoms with Crippen LogP contribution in [0, 0.1) is 34.7 Å². The first kappa shape index (κ1) is 29.8. The van der Waals surface area contributed by atoms with Crippen molar-refractivity contribution in [3.8, 4) is 5.75 Å². The van der Waals surface area contributed by atoms with Crippen LogP contribution in [0.25, 0.3) is 0 Å². The number of Topliss-reactive ketones (excluding diaryl/α,β-unsaturated/α-hetero) is 1. The Balaban J connectivity index is 1.51. The molecule has 2 heterocycles. The predicted molar refractivity (Wildman–Crippen MR) is 136 cm³/mol. The van der Waals surface area contributed by atoms with Crippen molar-refractivity contribution in [2.45, 2.75) is 77.0 Å². The topological polar surface area (TPSA) is 125 Å². The van der Waals surface area contributed by atoms with E-state index in [2.05, 4.69) is 10.6 Å². The van der Waals surface area contributed by atoms with Gasteiger partial charge in [0.1, 0.15) is 18.8 Å². The van der Waals surface area contributed by atoms with Gasteiger partial charge in [0.2, 0.25) is 17.6 Å².